The normalized spacial score (nSPS) is 38.3. The largest absolute Gasteiger partial charge is 0.304 e. The Kier molecular flexibility index (Phi) is 4.01. The number of amides is 1. The first-order valence-corrected chi connectivity index (χ1v) is 11.9. The van der Waals surface area contributed by atoms with Gasteiger partial charge in [-0.15, -0.1) is 0 Å². The Morgan fingerprint density at radius 1 is 0.963 bits per heavy atom. The number of sulfone groups is 1. The predicted octanol–water partition coefficient (Wildman–Crippen LogP) is 3.71. The molecule has 1 aliphatic heterocycles. The maximum atomic E-state index is 13.8. The predicted molar refractivity (Wildman–Crippen MR) is 106 cm³/mol. The van der Waals surface area contributed by atoms with Gasteiger partial charge in [0, 0.05) is 17.0 Å². The highest BCUT2D eigenvalue weighted by Gasteiger charge is 2.52. The molecule has 1 amide bonds. The quantitative estimate of drug-likeness (QED) is 0.797. The van der Waals surface area contributed by atoms with E-state index in [4.69, 9.17) is 0 Å². The Bertz CT molecular complexity index is 859. The summed E-state index contributed by atoms with van der Waals surface area (Å²) >= 11 is 0. The Morgan fingerprint density at radius 3 is 2.07 bits per heavy atom. The molecule has 1 atom stereocenters. The molecule has 4 aliphatic carbocycles. The summed E-state index contributed by atoms with van der Waals surface area (Å²) in [5, 5.41) is 1.28. The molecule has 4 fully saturated rings. The van der Waals surface area contributed by atoms with Crippen molar-refractivity contribution in [1.29, 1.82) is 0 Å². The summed E-state index contributed by atoms with van der Waals surface area (Å²) in [6.45, 7) is 2.02. The van der Waals surface area contributed by atoms with Gasteiger partial charge in [-0.3, -0.25) is 4.79 Å². The van der Waals surface area contributed by atoms with E-state index < -0.39 is 9.84 Å². The highest BCUT2D eigenvalue weighted by molar-refractivity contribution is 7.94. The summed E-state index contributed by atoms with van der Waals surface area (Å²) in [7, 11) is -3.22. The van der Waals surface area contributed by atoms with Crippen LogP contribution in [0.25, 0.3) is 0 Å². The van der Waals surface area contributed by atoms with Gasteiger partial charge in [0.15, 0.2) is 9.84 Å². The molecule has 0 N–H and O–H groups in total. The summed E-state index contributed by atoms with van der Waals surface area (Å²) in [5.41, 5.74) is 1.96. The van der Waals surface area contributed by atoms with Crippen LogP contribution in [-0.4, -0.2) is 26.1 Å². The van der Waals surface area contributed by atoms with Gasteiger partial charge < -0.3 is 4.90 Å². The van der Waals surface area contributed by atoms with E-state index in [0.717, 1.165) is 23.1 Å². The average Bonchev–Trinajstić information content (AvgIpc) is 2.95. The van der Waals surface area contributed by atoms with E-state index in [1.54, 1.807) is 11.0 Å². The first-order chi connectivity index (χ1) is 12.9. The van der Waals surface area contributed by atoms with Crippen molar-refractivity contribution in [2.24, 2.45) is 29.6 Å². The van der Waals surface area contributed by atoms with Crippen LogP contribution in [0.5, 0.6) is 0 Å². The van der Waals surface area contributed by atoms with Crippen molar-refractivity contribution in [3.63, 3.8) is 0 Å². The molecule has 6 rings (SSSR count). The third-order valence-electron chi connectivity index (χ3n) is 7.30. The topological polar surface area (TPSA) is 54.5 Å². The maximum absolute atomic E-state index is 13.8. The number of aryl methyl sites for hydroxylation is 1. The molecule has 0 saturated heterocycles. The number of rotatable bonds is 3. The zero-order valence-electron chi connectivity index (χ0n) is 15.8. The Morgan fingerprint density at radius 2 is 1.56 bits per heavy atom. The van der Waals surface area contributed by atoms with Gasteiger partial charge in [0.2, 0.25) is 5.91 Å². The molecule has 5 aliphatic rings. The van der Waals surface area contributed by atoms with Crippen molar-refractivity contribution < 1.29 is 13.2 Å². The Hall–Kier alpha value is -1.62. The fraction of sp³-hybridized carbons (Fsp3) is 0.591. The first-order valence-electron chi connectivity index (χ1n) is 10.2. The molecule has 4 saturated carbocycles. The van der Waals surface area contributed by atoms with Gasteiger partial charge in [-0.1, -0.05) is 17.7 Å². The van der Waals surface area contributed by atoms with Crippen LogP contribution >= 0.6 is 0 Å². The van der Waals surface area contributed by atoms with Crippen molar-refractivity contribution in [3.05, 3.63) is 41.3 Å². The van der Waals surface area contributed by atoms with Gasteiger partial charge in [0.1, 0.15) is 0 Å². The van der Waals surface area contributed by atoms with Crippen molar-refractivity contribution in [3.8, 4) is 0 Å². The van der Waals surface area contributed by atoms with E-state index in [0.29, 0.717) is 11.8 Å². The van der Waals surface area contributed by atoms with Crippen molar-refractivity contribution in [2.75, 3.05) is 10.7 Å². The molecule has 1 aromatic carbocycles. The standard InChI is InChI=1S/C22H27NO3S/c1-14-2-4-19(5-3-14)23(20-6-7-27(25,26)13-20)22(24)21-17-9-15-8-16(11-17)12-18(21)10-15/h2-7,15-18,20-21H,8-13H2,1H3/t15?,16?,17?,18?,20-,21?/m1/s1. The zero-order chi connectivity index (χ0) is 18.8. The summed E-state index contributed by atoms with van der Waals surface area (Å²) in [5.74, 6) is 2.83. The van der Waals surface area contributed by atoms with Crippen molar-refractivity contribution in [1.82, 2.24) is 0 Å². The van der Waals surface area contributed by atoms with Crippen LogP contribution in [-0.2, 0) is 14.6 Å². The van der Waals surface area contributed by atoms with Gasteiger partial charge in [-0.2, -0.15) is 0 Å². The molecule has 0 aromatic heterocycles. The molecule has 0 unspecified atom stereocenters. The second-order valence-corrected chi connectivity index (χ2v) is 11.2. The molecule has 0 spiro atoms. The van der Waals surface area contributed by atoms with E-state index in [-0.39, 0.29) is 23.6 Å². The molecule has 1 aromatic rings. The lowest BCUT2D eigenvalue weighted by Crippen LogP contribution is -2.54. The van der Waals surface area contributed by atoms with Crippen LogP contribution in [0.4, 0.5) is 5.69 Å². The highest BCUT2D eigenvalue weighted by atomic mass is 32.2. The van der Waals surface area contributed by atoms with E-state index in [1.807, 2.05) is 31.2 Å². The monoisotopic (exact) mass is 385 g/mol. The molecule has 1 heterocycles. The van der Waals surface area contributed by atoms with E-state index >= 15 is 0 Å². The van der Waals surface area contributed by atoms with Crippen LogP contribution in [0, 0.1) is 36.5 Å². The fourth-order valence-corrected chi connectivity index (χ4v) is 7.66. The lowest BCUT2D eigenvalue weighted by Gasteiger charge is -2.54. The zero-order valence-corrected chi connectivity index (χ0v) is 16.6. The molecule has 0 radical (unpaired) electrons. The Labute approximate surface area is 161 Å². The minimum atomic E-state index is -3.22. The molecular weight excluding hydrogens is 358 g/mol. The van der Waals surface area contributed by atoms with E-state index in [1.165, 1.54) is 37.5 Å². The smallest absolute Gasteiger partial charge is 0.231 e. The first kappa shape index (κ1) is 17.5. The number of anilines is 1. The maximum Gasteiger partial charge on any atom is 0.231 e. The highest BCUT2D eigenvalue weighted by Crippen LogP contribution is 2.57. The number of carbonyl (C=O) groups excluding carboxylic acids is 1. The fourth-order valence-electron chi connectivity index (χ4n) is 6.40. The molecular formula is C22H27NO3S. The number of hydrogen-bond acceptors (Lipinski definition) is 3. The van der Waals surface area contributed by atoms with Crippen LogP contribution in [0.1, 0.15) is 37.7 Å². The van der Waals surface area contributed by atoms with Gasteiger partial charge in [-0.25, -0.2) is 8.42 Å². The number of benzene rings is 1. The van der Waals surface area contributed by atoms with Gasteiger partial charge in [0.25, 0.3) is 0 Å². The van der Waals surface area contributed by atoms with E-state index in [9.17, 15) is 13.2 Å². The SMILES string of the molecule is Cc1ccc(N(C(=O)C2C3CC4CC(C3)CC2C4)[C@@H]2C=CS(=O)(=O)C2)cc1. The van der Waals surface area contributed by atoms with Crippen LogP contribution < -0.4 is 4.90 Å². The van der Waals surface area contributed by atoms with Gasteiger partial charge in [0.05, 0.1) is 11.8 Å². The molecule has 5 heteroatoms. The minimum absolute atomic E-state index is 0.0000796. The molecule has 27 heavy (non-hydrogen) atoms. The number of hydrogen-bond donors (Lipinski definition) is 0. The lowest BCUT2D eigenvalue weighted by molar-refractivity contribution is -0.135. The summed E-state index contributed by atoms with van der Waals surface area (Å²) in [6, 6.07) is 7.53. The third-order valence-corrected chi connectivity index (χ3v) is 8.68. The van der Waals surface area contributed by atoms with Crippen LogP contribution in [0.2, 0.25) is 0 Å². The van der Waals surface area contributed by atoms with Crippen molar-refractivity contribution in [2.45, 2.75) is 45.1 Å². The average molecular weight is 386 g/mol. The Balaban J connectivity index is 1.49. The van der Waals surface area contributed by atoms with Crippen LogP contribution in [0.3, 0.4) is 0 Å². The van der Waals surface area contributed by atoms with E-state index in [2.05, 4.69) is 0 Å². The molecule has 4 nitrogen and oxygen atoms in total. The molecule has 4 bridgehead atoms. The molecule has 144 valence electrons. The number of carbonyl (C=O) groups is 1. The van der Waals surface area contributed by atoms with Gasteiger partial charge >= 0.3 is 0 Å². The van der Waals surface area contributed by atoms with Gasteiger partial charge in [-0.05, 0) is 80.9 Å². The van der Waals surface area contributed by atoms with Crippen LogP contribution in [0.15, 0.2) is 35.7 Å². The minimum Gasteiger partial charge on any atom is -0.304 e. The summed E-state index contributed by atoms with van der Waals surface area (Å²) in [4.78, 5) is 15.6. The summed E-state index contributed by atoms with van der Waals surface area (Å²) < 4.78 is 24.1. The second-order valence-electron chi connectivity index (χ2n) is 9.23. The third kappa shape index (κ3) is 3.04. The second kappa shape index (κ2) is 6.20. The number of nitrogens with zero attached hydrogens (tertiary/aromatic N) is 1. The summed E-state index contributed by atoms with van der Waals surface area (Å²) in [6.07, 6.45) is 7.80. The van der Waals surface area contributed by atoms with Crippen molar-refractivity contribution >= 4 is 21.4 Å². The lowest BCUT2D eigenvalue weighted by atomic mass is 9.51.